The largest absolute Gasteiger partial charge is 0.293 e. The lowest BCUT2D eigenvalue weighted by Gasteiger charge is -2.31. The third-order valence-corrected chi connectivity index (χ3v) is 3.03. The van der Waals surface area contributed by atoms with E-state index in [4.69, 9.17) is 0 Å². The van der Waals surface area contributed by atoms with E-state index in [0.29, 0.717) is 18.8 Å². The van der Waals surface area contributed by atoms with Gasteiger partial charge >= 0.3 is 0 Å². The number of rotatable bonds is 2. The van der Waals surface area contributed by atoms with E-state index in [0.717, 1.165) is 17.2 Å². The van der Waals surface area contributed by atoms with Gasteiger partial charge in [-0.2, -0.15) is 0 Å². The number of anilines is 1. The minimum atomic E-state index is 0.137. The topological polar surface area (TPSA) is 46.1 Å². The SMILES string of the molecule is CC(C)c1cnc2c(n1)N(C(C)C)C(=O)CC2. The Morgan fingerprint density at radius 1 is 1.24 bits per heavy atom. The summed E-state index contributed by atoms with van der Waals surface area (Å²) < 4.78 is 0. The lowest BCUT2D eigenvalue weighted by Crippen LogP contribution is -2.41. The summed E-state index contributed by atoms with van der Waals surface area (Å²) in [6.07, 6.45) is 3.08. The van der Waals surface area contributed by atoms with Gasteiger partial charge in [0.1, 0.15) is 0 Å². The zero-order valence-corrected chi connectivity index (χ0v) is 10.9. The molecular formula is C13H19N3O. The van der Waals surface area contributed by atoms with Crippen molar-refractivity contribution < 1.29 is 4.79 Å². The van der Waals surface area contributed by atoms with Crippen molar-refractivity contribution in [1.82, 2.24) is 9.97 Å². The Hall–Kier alpha value is -1.45. The first-order valence-electron chi connectivity index (χ1n) is 6.18. The number of fused-ring (bicyclic) bond motifs is 1. The first kappa shape index (κ1) is 12.0. The molecular weight excluding hydrogens is 214 g/mol. The van der Waals surface area contributed by atoms with E-state index >= 15 is 0 Å². The predicted octanol–water partition coefficient (Wildman–Crippen LogP) is 2.29. The van der Waals surface area contributed by atoms with E-state index in [1.54, 1.807) is 4.90 Å². The van der Waals surface area contributed by atoms with Crippen LogP contribution in [0.25, 0.3) is 0 Å². The Morgan fingerprint density at radius 2 is 1.94 bits per heavy atom. The van der Waals surface area contributed by atoms with Gasteiger partial charge in [0, 0.05) is 25.1 Å². The molecule has 1 aliphatic rings. The van der Waals surface area contributed by atoms with Gasteiger partial charge in [-0.3, -0.25) is 14.7 Å². The van der Waals surface area contributed by atoms with Crippen LogP contribution in [0.4, 0.5) is 5.82 Å². The van der Waals surface area contributed by atoms with Crippen LogP contribution in [-0.4, -0.2) is 21.9 Å². The van der Waals surface area contributed by atoms with Crippen molar-refractivity contribution in [2.75, 3.05) is 4.90 Å². The lowest BCUT2D eigenvalue weighted by atomic mass is 10.1. The standard InChI is InChI=1S/C13H19N3O/c1-8(2)11-7-14-10-5-6-12(17)16(9(3)4)13(10)15-11/h7-9H,5-6H2,1-4H3. The summed E-state index contributed by atoms with van der Waals surface area (Å²) in [5.74, 6) is 1.25. The average molecular weight is 233 g/mol. The van der Waals surface area contributed by atoms with Crippen LogP contribution in [0.3, 0.4) is 0 Å². The lowest BCUT2D eigenvalue weighted by molar-refractivity contribution is -0.119. The fraction of sp³-hybridized carbons (Fsp3) is 0.615. The number of hydrogen-bond acceptors (Lipinski definition) is 3. The Balaban J connectivity index is 2.48. The van der Waals surface area contributed by atoms with E-state index in [-0.39, 0.29) is 11.9 Å². The van der Waals surface area contributed by atoms with Crippen molar-refractivity contribution in [2.24, 2.45) is 0 Å². The molecule has 17 heavy (non-hydrogen) atoms. The predicted molar refractivity (Wildman–Crippen MR) is 67.1 cm³/mol. The summed E-state index contributed by atoms with van der Waals surface area (Å²) in [7, 11) is 0. The zero-order valence-electron chi connectivity index (χ0n) is 10.9. The second kappa shape index (κ2) is 4.43. The molecule has 1 aliphatic heterocycles. The van der Waals surface area contributed by atoms with Crippen molar-refractivity contribution >= 4 is 11.7 Å². The Bertz CT molecular complexity index is 440. The molecule has 0 spiro atoms. The van der Waals surface area contributed by atoms with Crippen molar-refractivity contribution in [3.63, 3.8) is 0 Å². The van der Waals surface area contributed by atoms with Crippen LogP contribution in [0.15, 0.2) is 6.20 Å². The maximum absolute atomic E-state index is 11.9. The van der Waals surface area contributed by atoms with E-state index < -0.39 is 0 Å². The molecule has 0 unspecified atom stereocenters. The highest BCUT2D eigenvalue weighted by Crippen LogP contribution is 2.27. The highest BCUT2D eigenvalue weighted by Gasteiger charge is 2.28. The Labute approximate surface area is 102 Å². The third-order valence-electron chi connectivity index (χ3n) is 3.03. The number of amides is 1. The maximum Gasteiger partial charge on any atom is 0.228 e. The number of hydrogen-bond donors (Lipinski definition) is 0. The summed E-state index contributed by atoms with van der Waals surface area (Å²) in [4.78, 5) is 22.8. The number of nitrogens with zero attached hydrogens (tertiary/aromatic N) is 3. The van der Waals surface area contributed by atoms with Gasteiger partial charge in [0.15, 0.2) is 5.82 Å². The molecule has 0 atom stereocenters. The van der Waals surface area contributed by atoms with Gasteiger partial charge in [-0.15, -0.1) is 0 Å². The summed E-state index contributed by atoms with van der Waals surface area (Å²) in [5, 5.41) is 0. The van der Waals surface area contributed by atoms with Gasteiger partial charge < -0.3 is 0 Å². The van der Waals surface area contributed by atoms with Crippen LogP contribution < -0.4 is 4.90 Å². The molecule has 0 bridgehead atoms. The molecule has 0 saturated heterocycles. The average Bonchev–Trinajstić information content (AvgIpc) is 2.27. The fourth-order valence-corrected chi connectivity index (χ4v) is 2.06. The normalized spacial score (nSPS) is 15.6. The van der Waals surface area contributed by atoms with Crippen molar-refractivity contribution in [3.8, 4) is 0 Å². The summed E-state index contributed by atoms with van der Waals surface area (Å²) in [6.45, 7) is 8.19. The first-order chi connectivity index (χ1) is 8.00. The van der Waals surface area contributed by atoms with Gasteiger partial charge in [0.2, 0.25) is 5.91 Å². The molecule has 0 radical (unpaired) electrons. The van der Waals surface area contributed by atoms with Crippen LogP contribution in [0.1, 0.15) is 51.4 Å². The second-order valence-electron chi connectivity index (χ2n) is 5.08. The van der Waals surface area contributed by atoms with E-state index in [1.165, 1.54) is 0 Å². The van der Waals surface area contributed by atoms with Crippen LogP contribution >= 0.6 is 0 Å². The van der Waals surface area contributed by atoms with Crippen LogP contribution in [-0.2, 0) is 11.2 Å². The second-order valence-corrected chi connectivity index (χ2v) is 5.08. The van der Waals surface area contributed by atoms with Crippen molar-refractivity contribution in [3.05, 3.63) is 17.6 Å². The van der Waals surface area contributed by atoms with E-state index in [1.807, 2.05) is 20.0 Å². The minimum absolute atomic E-state index is 0.137. The summed E-state index contributed by atoms with van der Waals surface area (Å²) in [6, 6.07) is 0.137. The number of carbonyl (C=O) groups is 1. The monoisotopic (exact) mass is 233 g/mol. The van der Waals surface area contributed by atoms with Gasteiger partial charge in [0.25, 0.3) is 0 Å². The highest BCUT2D eigenvalue weighted by atomic mass is 16.2. The van der Waals surface area contributed by atoms with E-state index in [2.05, 4.69) is 23.8 Å². The molecule has 4 nitrogen and oxygen atoms in total. The third kappa shape index (κ3) is 2.16. The zero-order chi connectivity index (χ0) is 12.6. The molecule has 2 heterocycles. The smallest absolute Gasteiger partial charge is 0.228 e. The molecule has 0 aromatic carbocycles. The minimum Gasteiger partial charge on any atom is -0.293 e. The van der Waals surface area contributed by atoms with E-state index in [9.17, 15) is 4.79 Å². The number of carbonyl (C=O) groups excluding carboxylic acids is 1. The Kier molecular flexibility index (Phi) is 3.13. The molecule has 0 saturated carbocycles. The van der Waals surface area contributed by atoms with Crippen molar-refractivity contribution in [2.45, 2.75) is 52.5 Å². The van der Waals surface area contributed by atoms with Crippen molar-refractivity contribution in [1.29, 1.82) is 0 Å². The molecule has 2 rings (SSSR count). The molecule has 1 aromatic rings. The quantitative estimate of drug-likeness (QED) is 0.787. The molecule has 0 fully saturated rings. The molecule has 0 N–H and O–H groups in total. The highest BCUT2D eigenvalue weighted by molar-refractivity contribution is 5.95. The van der Waals surface area contributed by atoms with Crippen LogP contribution in [0.5, 0.6) is 0 Å². The fourth-order valence-electron chi connectivity index (χ4n) is 2.06. The molecule has 4 heteroatoms. The molecule has 92 valence electrons. The van der Waals surface area contributed by atoms with Gasteiger partial charge in [0.05, 0.1) is 11.4 Å². The van der Waals surface area contributed by atoms with Gasteiger partial charge in [-0.05, 0) is 19.8 Å². The number of aryl methyl sites for hydroxylation is 1. The number of aromatic nitrogens is 2. The van der Waals surface area contributed by atoms with Crippen LogP contribution in [0, 0.1) is 0 Å². The van der Waals surface area contributed by atoms with Gasteiger partial charge in [-0.25, -0.2) is 4.98 Å². The summed E-state index contributed by atoms with van der Waals surface area (Å²) in [5.41, 5.74) is 1.90. The summed E-state index contributed by atoms with van der Waals surface area (Å²) >= 11 is 0. The Morgan fingerprint density at radius 3 is 2.53 bits per heavy atom. The molecule has 1 amide bonds. The molecule has 0 aliphatic carbocycles. The maximum atomic E-state index is 11.9. The molecule has 1 aromatic heterocycles. The van der Waals surface area contributed by atoms with Gasteiger partial charge in [-0.1, -0.05) is 13.8 Å². The first-order valence-corrected chi connectivity index (χ1v) is 6.18. The van der Waals surface area contributed by atoms with Crippen LogP contribution in [0.2, 0.25) is 0 Å².